The maximum Gasteiger partial charge on any atom is 0.240 e. The topological polar surface area (TPSA) is 62.1 Å². The van der Waals surface area contributed by atoms with E-state index in [1.165, 1.54) is 0 Å². The Morgan fingerprint density at radius 3 is 2.69 bits per heavy atom. The number of carbonyl (C=O) groups is 1. The molecule has 1 N–H and O–H groups in total. The van der Waals surface area contributed by atoms with Crippen molar-refractivity contribution in [2.45, 2.75) is 45.1 Å². The molecule has 0 aromatic rings. The lowest BCUT2D eigenvalue weighted by atomic mass is 9.69. The van der Waals surface area contributed by atoms with E-state index >= 15 is 0 Å². The van der Waals surface area contributed by atoms with Gasteiger partial charge in [0.1, 0.15) is 5.41 Å². The summed E-state index contributed by atoms with van der Waals surface area (Å²) in [6.45, 7) is 2.58. The van der Waals surface area contributed by atoms with Crippen LogP contribution in [0.4, 0.5) is 0 Å². The summed E-state index contributed by atoms with van der Waals surface area (Å²) in [5.74, 6) is -0.114. The third-order valence-electron chi connectivity index (χ3n) is 3.20. The highest BCUT2D eigenvalue weighted by Crippen LogP contribution is 2.40. The number of amides is 1. The van der Waals surface area contributed by atoms with Crippen molar-refractivity contribution in [3.8, 4) is 6.07 Å². The molecular formula is C12H20N2O2. The average molecular weight is 224 g/mol. The van der Waals surface area contributed by atoms with Crippen molar-refractivity contribution in [3.05, 3.63) is 0 Å². The second-order valence-electron chi connectivity index (χ2n) is 4.46. The van der Waals surface area contributed by atoms with Gasteiger partial charge in [0.15, 0.2) is 0 Å². The summed E-state index contributed by atoms with van der Waals surface area (Å²) in [6, 6.07) is 2.19. The molecule has 1 aliphatic rings. The van der Waals surface area contributed by atoms with Crippen molar-refractivity contribution < 1.29 is 9.53 Å². The van der Waals surface area contributed by atoms with Gasteiger partial charge < -0.3 is 10.1 Å². The number of nitriles is 1. The minimum Gasteiger partial charge on any atom is -0.383 e. The minimum atomic E-state index is -0.750. The van der Waals surface area contributed by atoms with Crippen molar-refractivity contribution in [1.29, 1.82) is 5.26 Å². The Bertz CT molecular complexity index is 273. The van der Waals surface area contributed by atoms with Crippen molar-refractivity contribution in [2.24, 2.45) is 5.41 Å². The molecule has 0 aliphatic heterocycles. The Kier molecular flexibility index (Phi) is 4.75. The molecule has 4 heteroatoms. The Morgan fingerprint density at radius 2 is 2.31 bits per heavy atom. The van der Waals surface area contributed by atoms with Crippen LogP contribution in [0.2, 0.25) is 0 Å². The Labute approximate surface area is 97.0 Å². The molecule has 0 spiro atoms. The van der Waals surface area contributed by atoms with Gasteiger partial charge in [0.25, 0.3) is 0 Å². The maximum atomic E-state index is 11.9. The van der Waals surface area contributed by atoms with Gasteiger partial charge in [0.05, 0.1) is 18.7 Å². The van der Waals surface area contributed by atoms with Crippen LogP contribution in [0.1, 0.15) is 39.0 Å². The molecule has 0 aromatic carbocycles. The number of ether oxygens (including phenoxy) is 1. The van der Waals surface area contributed by atoms with E-state index in [0.717, 1.165) is 19.3 Å². The Balaban J connectivity index is 2.51. The predicted octanol–water partition coefficient (Wildman–Crippen LogP) is 1.61. The summed E-state index contributed by atoms with van der Waals surface area (Å²) in [6.07, 6.45) is 4.25. The van der Waals surface area contributed by atoms with Crippen LogP contribution in [-0.4, -0.2) is 25.7 Å². The van der Waals surface area contributed by atoms with Crippen molar-refractivity contribution >= 4 is 5.91 Å². The molecule has 1 rings (SSSR count). The lowest BCUT2D eigenvalue weighted by Crippen LogP contribution is -2.49. The van der Waals surface area contributed by atoms with Crippen LogP contribution in [0.25, 0.3) is 0 Å². The van der Waals surface area contributed by atoms with Gasteiger partial charge in [-0.3, -0.25) is 4.79 Å². The van der Waals surface area contributed by atoms with Crippen LogP contribution in [-0.2, 0) is 9.53 Å². The van der Waals surface area contributed by atoms with Crippen LogP contribution < -0.4 is 5.32 Å². The van der Waals surface area contributed by atoms with E-state index in [4.69, 9.17) is 10.00 Å². The monoisotopic (exact) mass is 224 g/mol. The fourth-order valence-corrected chi connectivity index (χ4v) is 1.99. The molecule has 0 aromatic heterocycles. The average Bonchev–Trinajstić information content (AvgIpc) is 2.17. The smallest absolute Gasteiger partial charge is 0.240 e. The van der Waals surface area contributed by atoms with Crippen molar-refractivity contribution in [3.63, 3.8) is 0 Å². The molecule has 4 nitrogen and oxygen atoms in total. The standard InChI is InChI=1S/C12H20N2O2/c1-3-5-10(8-16-2)14-11(15)12(9-13)6-4-7-12/h10H,3-8H2,1-2H3,(H,14,15). The summed E-state index contributed by atoms with van der Waals surface area (Å²) in [5.41, 5.74) is -0.750. The molecule has 1 aliphatic carbocycles. The molecule has 1 fully saturated rings. The molecule has 1 atom stereocenters. The fraction of sp³-hybridized carbons (Fsp3) is 0.833. The number of methoxy groups -OCH3 is 1. The maximum absolute atomic E-state index is 11.9. The number of nitrogens with zero attached hydrogens (tertiary/aromatic N) is 1. The SMILES string of the molecule is CCCC(COC)NC(=O)C1(C#N)CCC1. The summed E-state index contributed by atoms with van der Waals surface area (Å²) in [7, 11) is 1.62. The summed E-state index contributed by atoms with van der Waals surface area (Å²) < 4.78 is 5.06. The van der Waals surface area contributed by atoms with Gasteiger partial charge in [0.2, 0.25) is 5.91 Å². The number of rotatable bonds is 6. The molecule has 90 valence electrons. The highest BCUT2D eigenvalue weighted by molar-refractivity contribution is 5.86. The molecule has 0 saturated heterocycles. The van der Waals surface area contributed by atoms with Crippen LogP contribution in [0, 0.1) is 16.7 Å². The highest BCUT2D eigenvalue weighted by Gasteiger charge is 2.45. The first kappa shape index (κ1) is 13.0. The molecule has 1 saturated carbocycles. The fourth-order valence-electron chi connectivity index (χ4n) is 1.99. The Morgan fingerprint density at radius 1 is 1.62 bits per heavy atom. The first-order valence-corrected chi connectivity index (χ1v) is 5.89. The van der Waals surface area contributed by atoms with E-state index in [2.05, 4.69) is 18.3 Å². The van der Waals surface area contributed by atoms with E-state index in [0.29, 0.717) is 19.4 Å². The van der Waals surface area contributed by atoms with Crippen LogP contribution in [0.5, 0.6) is 0 Å². The van der Waals surface area contributed by atoms with E-state index < -0.39 is 5.41 Å². The lowest BCUT2D eigenvalue weighted by Gasteiger charge is -2.34. The van der Waals surface area contributed by atoms with E-state index in [-0.39, 0.29) is 11.9 Å². The number of hydrogen-bond acceptors (Lipinski definition) is 3. The molecule has 0 radical (unpaired) electrons. The Hall–Kier alpha value is -1.08. The van der Waals surface area contributed by atoms with E-state index in [1.807, 2.05) is 0 Å². The molecular weight excluding hydrogens is 204 g/mol. The highest BCUT2D eigenvalue weighted by atomic mass is 16.5. The second kappa shape index (κ2) is 5.86. The van der Waals surface area contributed by atoms with Gasteiger partial charge in [-0.1, -0.05) is 13.3 Å². The first-order chi connectivity index (χ1) is 7.68. The summed E-state index contributed by atoms with van der Waals surface area (Å²) >= 11 is 0. The van der Waals surface area contributed by atoms with Gasteiger partial charge in [-0.15, -0.1) is 0 Å². The molecule has 0 heterocycles. The van der Waals surface area contributed by atoms with Crippen molar-refractivity contribution in [2.75, 3.05) is 13.7 Å². The third-order valence-corrected chi connectivity index (χ3v) is 3.20. The lowest BCUT2D eigenvalue weighted by molar-refractivity contribution is -0.133. The molecule has 0 bridgehead atoms. The summed E-state index contributed by atoms with van der Waals surface area (Å²) in [4.78, 5) is 11.9. The normalized spacial score (nSPS) is 19.3. The van der Waals surface area contributed by atoms with Gasteiger partial charge in [-0.05, 0) is 25.7 Å². The van der Waals surface area contributed by atoms with Crippen molar-refractivity contribution in [1.82, 2.24) is 5.32 Å². The zero-order valence-electron chi connectivity index (χ0n) is 10.1. The van der Waals surface area contributed by atoms with Gasteiger partial charge in [-0.2, -0.15) is 5.26 Å². The predicted molar refractivity (Wildman–Crippen MR) is 60.6 cm³/mol. The number of carbonyl (C=O) groups excluding carboxylic acids is 1. The largest absolute Gasteiger partial charge is 0.383 e. The van der Waals surface area contributed by atoms with E-state index in [9.17, 15) is 4.79 Å². The molecule has 16 heavy (non-hydrogen) atoms. The number of nitrogens with one attached hydrogen (secondary N) is 1. The number of hydrogen-bond donors (Lipinski definition) is 1. The van der Waals surface area contributed by atoms with E-state index in [1.54, 1.807) is 7.11 Å². The van der Waals surface area contributed by atoms with Crippen LogP contribution >= 0.6 is 0 Å². The second-order valence-corrected chi connectivity index (χ2v) is 4.46. The first-order valence-electron chi connectivity index (χ1n) is 5.89. The van der Waals surface area contributed by atoms with Gasteiger partial charge >= 0.3 is 0 Å². The zero-order chi connectivity index (χ0) is 12.0. The molecule has 1 unspecified atom stereocenters. The quantitative estimate of drug-likeness (QED) is 0.745. The minimum absolute atomic E-state index is 0.0355. The van der Waals surface area contributed by atoms with Crippen LogP contribution in [0.15, 0.2) is 0 Å². The zero-order valence-corrected chi connectivity index (χ0v) is 10.1. The van der Waals surface area contributed by atoms with Crippen LogP contribution in [0.3, 0.4) is 0 Å². The van der Waals surface area contributed by atoms with Gasteiger partial charge in [0, 0.05) is 7.11 Å². The third kappa shape index (κ3) is 2.73. The summed E-state index contributed by atoms with van der Waals surface area (Å²) in [5, 5.41) is 12.0. The van der Waals surface area contributed by atoms with Gasteiger partial charge in [-0.25, -0.2) is 0 Å². The molecule has 1 amide bonds.